The predicted molar refractivity (Wildman–Crippen MR) is 172 cm³/mol. The molecule has 0 bridgehead atoms. The lowest BCUT2D eigenvalue weighted by Crippen LogP contribution is -2.11. The number of amides is 2. The van der Waals surface area contributed by atoms with Crippen LogP contribution in [0.3, 0.4) is 0 Å². The molecule has 0 saturated carbocycles. The van der Waals surface area contributed by atoms with Gasteiger partial charge in [0.15, 0.2) is 10.3 Å². The second kappa shape index (κ2) is 16.6. The first kappa shape index (κ1) is 31.2. The minimum atomic E-state index is -0.00728. The van der Waals surface area contributed by atoms with E-state index in [0.717, 1.165) is 72.5 Å². The number of anilines is 2. The number of carbonyl (C=O) groups is 2. The van der Waals surface area contributed by atoms with Crippen LogP contribution in [0.4, 0.5) is 10.3 Å². The molecule has 222 valence electrons. The maximum Gasteiger partial charge on any atom is 0.226 e. The largest absolute Gasteiger partial charge is 0.494 e. The van der Waals surface area contributed by atoms with Gasteiger partial charge in [0, 0.05) is 34.7 Å². The third-order valence-electron chi connectivity index (χ3n) is 6.48. The van der Waals surface area contributed by atoms with E-state index in [2.05, 4.69) is 20.6 Å². The lowest BCUT2D eigenvalue weighted by Gasteiger charge is -2.04. The van der Waals surface area contributed by atoms with Crippen molar-refractivity contribution in [3.8, 4) is 34.0 Å². The van der Waals surface area contributed by atoms with Gasteiger partial charge in [-0.15, -0.1) is 22.7 Å². The molecule has 42 heavy (non-hydrogen) atoms. The number of hydrogen-bond acceptors (Lipinski definition) is 8. The van der Waals surface area contributed by atoms with E-state index < -0.39 is 0 Å². The SMILES string of the molecule is CCOc1ccc(-c2csc(NC(=O)CCCCCCCCC(=O)Nc3nc(-c4ccc(OCC)cc4)cs3)n2)cc1. The van der Waals surface area contributed by atoms with E-state index in [9.17, 15) is 9.59 Å². The van der Waals surface area contributed by atoms with Crippen molar-refractivity contribution < 1.29 is 19.1 Å². The summed E-state index contributed by atoms with van der Waals surface area (Å²) in [6.07, 6.45) is 6.71. The number of rotatable bonds is 17. The quantitative estimate of drug-likeness (QED) is 0.117. The molecule has 2 N–H and O–H groups in total. The Morgan fingerprint density at radius 3 is 1.38 bits per heavy atom. The number of thiazole rings is 2. The summed E-state index contributed by atoms with van der Waals surface area (Å²) in [6, 6.07) is 15.6. The van der Waals surface area contributed by atoms with E-state index in [0.29, 0.717) is 36.3 Å². The van der Waals surface area contributed by atoms with Crippen molar-refractivity contribution in [1.82, 2.24) is 9.97 Å². The van der Waals surface area contributed by atoms with E-state index >= 15 is 0 Å². The Morgan fingerprint density at radius 1 is 0.619 bits per heavy atom. The highest BCUT2D eigenvalue weighted by molar-refractivity contribution is 7.14. The molecule has 0 atom stereocenters. The van der Waals surface area contributed by atoms with Crippen molar-refractivity contribution in [3.05, 3.63) is 59.3 Å². The number of ether oxygens (including phenoxy) is 2. The van der Waals surface area contributed by atoms with Crippen molar-refractivity contribution in [3.63, 3.8) is 0 Å². The molecule has 0 saturated heterocycles. The molecular formula is C32H38N4O4S2. The lowest BCUT2D eigenvalue weighted by molar-refractivity contribution is -0.117. The van der Waals surface area contributed by atoms with Gasteiger partial charge in [-0.25, -0.2) is 9.97 Å². The first-order valence-electron chi connectivity index (χ1n) is 14.5. The molecule has 0 unspecified atom stereocenters. The highest BCUT2D eigenvalue weighted by Crippen LogP contribution is 2.28. The number of nitrogens with one attached hydrogen (secondary N) is 2. The zero-order valence-corrected chi connectivity index (χ0v) is 25.8. The molecule has 2 aromatic heterocycles. The number of nitrogens with zero attached hydrogens (tertiary/aromatic N) is 2. The van der Waals surface area contributed by atoms with Gasteiger partial charge < -0.3 is 20.1 Å². The minimum Gasteiger partial charge on any atom is -0.494 e. The van der Waals surface area contributed by atoms with Crippen LogP contribution in [0, 0.1) is 0 Å². The van der Waals surface area contributed by atoms with Crippen LogP contribution in [0.25, 0.3) is 22.5 Å². The first-order chi connectivity index (χ1) is 20.5. The van der Waals surface area contributed by atoms with Crippen molar-refractivity contribution in [2.24, 2.45) is 0 Å². The third-order valence-corrected chi connectivity index (χ3v) is 8.00. The molecular weight excluding hydrogens is 569 g/mol. The number of unbranched alkanes of at least 4 members (excludes halogenated alkanes) is 5. The van der Waals surface area contributed by atoms with E-state index in [4.69, 9.17) is 9.47 Å². The van der Waals surface area contributed by atoms with Gasteiger partial charge in [0.25, 0.3) is 0 Å². The van der Waals surface area contributed by atoms with E-state index in [-0.39, 0.29) is 11.8 Å². The maximum absolute atomic E-state index is 12.3. The number of benzene rings is 2. The van der Waals surface area contributed by atoms with Gasteiger partial charge in [0.2, 0.25) is 11.8 Å². The summed E-state index contributed by atoms with van der Waals surface area (Å²) in [5.74, 6) is 1.65. The molecule has 2 heterocycles. The molecule has 0 aliphatic heterocycles. The zero-order chi connectivity index (χ0) is 29.6. The van der Waals surface area contributed by atoms with Crippen LogP contribution < -0.4 is 20.1 Å². The van der Waals surface area contributed by atoms with Gasteiger partial charge in [-0.2, -0.15) is 0 Å². The van der Waals surface area contributed by atoms with Crippen molar-refractivity contribution in [2.75, 3.05) is 23.8 Å². The summed E-state index contributed by atoms with van der Waals surface area (Å²) in [5, 5.41) is 11.0. The Morgan fingerprint density at radius 2 is 1.00 bits per heavy atom. The molecule has 4 rings (SSSR count). The number of carbonyl (C=O) groups excluding carboxylic acids is 2. The molecule has 4 aromatic rings. The second-order valence-electron chi connectivity index (χ2n) is 9.71. The van der Waals surface area contributed by atoms with Crippen LogP contribution in [0.2, 0.25) is 0 Å². The molecule has 0 radical (unpaired) electrons. The van der Waals surface area contributed by atoms with E-state index in [1.54, 1.807) is 0 Å². The lowest BCUT2D eigenvalue weighted by atomic mass is 10.1. The van der Waals surface area contributed by atoms with Crippen molar-refractivity contribution in [2.45, 2.75) is 65.2 Å². The number of hydrogen-bond donors (Lipinski definition) is 2. The Hall–Kier alpha value is -3.76. The van der Waals surface area contributed by atoms with Gasteiger partial charge in [-0.3, -0.25) is 9.59 Å². The highest BCUT2D eigenvalue weighted by atomic mass is 32.1. The summed E-state index contributed by atoms with van der Waals surface area (Å²) in [5.41, 5.74) is 3.66. The smallest absolute Gasteiger partial charge is 0.226 e. The standard InChI is InChI=1S/C32H38N4O4S2/c1-3-39-25-17-13-23(14-18-25)27-21-41-31(33-27)35-29(37)11-9-7-5-6-8-10-12-30(38)36-32-34-28(22-42-32)24-15-19-26(20-16-24)40-4-2/h13-22H,3-12H2,1-2H3,(H,33,35,37)(H,34,36,38). The molecule has 2 amide bonds. The van der Waals surface area contributed by atoms with Gasteiger partial charge >= 0.3 is 0 Å². The van der Waals surface area contributed by atoms with Crippen LogP contribution in [0.5, 0.6) is 11.5 Å². The topological polar surface area (TPSA) is 102 Å². The predicted octanol–water partition coefficient (Wildman–Crippen LogP) is 8.43. The van der Waals surface area contributed by atoms with E-state index in [1.807, 2.05) is 73.1 Å². The summed E-state index contributed by atoms with van der Waals surface area (Å²) < 4.78 is 11.0. The molecule has 0 aliphatic rings. The number of aromatic nitrogens is 2. The zero-order valence-electron chi connectivity index (χ0n) is 24.2. The van der Waals surface area contributed by atoms with Crippen molar-refractivity contribution >= 4 is 44.8 Å². The Bertz CT molecular complexity index is 1290. The minimum absolute atomic E-state index is 0.00728. The van der Waals surface area contributed by atoms with Gasteiger partial charge in [-0.1, -0.05) is 25.7 Å². The highest BCUT2D eigenvalue weighted by Gasteiger charge is 2.10. The average Bonchev–Trinajstić information content (AvgIpc) is 3.65. The molecule has 0 spiro atoms. The molecule has 8 nitrogen and oxygen atoms in total. The second-order valence-corrected chi connectivity index (χ2v) is 11.4. The fraction of sp³-hybridized carbons (Fsp3) is 0.375. The molecule has 2 aromatic carbocycles. The summed E-state index contributed by atoms with van der Waals surface area (Å²) in [4.78, 5) is 33.8. The van der Waals surface area contributed by atoms with Crippen molar-refractivity contribution in [1.29, 1.82) is 0 Å². The average molecular weight is 607 g/mol. The van der Waals surface area contributed by atoms with Gasteiger partial charge in [0.05, 0.1) is 24.6 Å². The molecule has 10 heteroatoms. The monoisotopic (exact) mass is 606 g/mol. The van der Waals surface area contributed by atoms with Crippen LogP contribution in [0.15, 0.2) is 59.3 Å². The molecule has 0 aliphatic carbocycles. The third kappa shape index (κ3) is 9.95. The Balaban J connectivity index is 1.04. The van der Waals surface area contributed by atoms with Crippen LogP contribution >= 0.6 is 22.7 Å². The van der Waals surface area contributed by atoms with Crippen LogP contribution in [-0.2, 0) is 9.59 Å². The Kier molecular flexibility index (Phi) is 12.3. The van der Waals surface area contributed by atoms with E-state index in [1.165, 1.54) is 22.7 Å². The first-order valence-corrected chi connectivity index (χ1v) is 16.3. The Labute approximate surface area is 255 Å². The summed E-state index contributed by atoms with van der Waals surface area (Å²) in [6.45, 7) is 5.18. The van der Waals surface area contributed by atoms with Gasteiger partial charge in [-0.05, 0) is 75.2 Å². The fourth-order valence-corrected chi connectivity index (χ4v) is 5.82. The van der Waals surface area contributed by atoms with Gasteiger partial charge in [0.1, 0.15) is 11.5 Å². The van der Waals surface area contributed by atoms with Crippen LogP contribution in [-0.4, -0.2) is 35.0 Å². The normalized spacial score (nSPS) is 10.8. The maximum atomic E-state index is 12.3. The van der Waals surface area contributed by atoms with Crippen LogP contribution in [0.1, 0.15) is 65.2 Å². The molecule has 0 fully saturated rings. The summed E-state index contributed by atoms with van der Waals surface area (Å²) in [7, 11) is 0. The fourth-order valence-electron chi connectivity index (χ4n) is 4.35. The summed E-state index contributed by atoms with van der Waals surface area (Å²) >= 11 is 2.86.